The molecule has 2 aliphatic heterocycles. The van der Waals surface area contributed by atoms with E-state index in [0.717, 1.165) is 62.5 Å². The lowest BCUT2D eigenvalue weighted by molar-refractivity contribution is -0.132. The molecular formula is C21H25N5O. The van der Waals surface area contributed by atoms with Crippen LogP contribution >= 0.6 is 0 Å². The third-order valence-corrected chi connectivity index (χ3v) is 6.00. The molecule has 0 saturated carbocycles. The summed E-state index contributed by atoms with van der Waals surface area (Å²) in [6.45, 7) is 4.16. The van der Waals surface area contributed by atoms with Crippen molar-refractivity contribution in [1.29, 1.82) is 0 Å². The van der Waals surface area contributed by atoms with Crippen LogP contribution in [0.3, 0.4) is 0 Å². The summed E-state index contributed by atoms with van der Waals surface area (Å²) in [7, 11) is 2.01. The third kappa shape index (κ3) is 2.84. The highest BCUT2D eigenvalue weighted by Gasteiger charge is 2.36. The van der Waals surface area contributed by atoms with Crippen LogP contribution < -0.4 is 0 Å². The van der Waals surface area contributed by atoms with Crippen LogP contribution in [0, 0.1) is 0 Å². The Morgan fingerprint density at radius 2 is 2.11 bits per heavy atom. The number of hydrogen-bond donors (Lipinski definition) is 1. The van der Waals surface area contributed by atoms with Crippen LogP contribution in [0.1, 0.15) is 35.7 Å². The number of aryl methyl sites for hydroxylation is 1. The first-order valence-corrected chi connectivity index (χ1v) is 9.77. The van der Waals surface area contributed by atoms with Gasteiger partial charge in [-0.15, -0.1) is 0 Å². The van der Waals surface area contributed by atoms with Gasteiger partial charge >= 0.3 is 0 Å². The lowest BCUT2D eigenvalue weighted by Crippen LogP contribution is -2.42. The second-order valence-corrected chi connectivity index (χ2v) is 7.80. The smallest absolute Gasteiger partial charge is 0.233 e. The quantitative estimate of drug-likeness (QED) is 0.778. The molecule has 1 atom stereocenters. The molecule has 6 nitrogen and oxygen atoms in total. The number of imidazole rings is 1. The van der Waals surface area contributed by atoms with Gasteiger partial charge in [0.1, 0.15) is 0 Å². The van der Waals surface area contributed by atoms with Gasteiger partial charge in [0.25, 0.3) is 0 Å². The summed E-state index contributed by atoms with van der Waals surface area (Å²) in [5.41, 5.74) is 4.60. The average Bonchev–Trinajstić information content (AvgIpc) is 3.42. The summed E-state index contributed by atoms with van der Waals surface area (Å²) in [5.74, 6) is 0.145. The molecule has 0 radical (unpaired) electrons. The largest absolute Gasteiger partial charge is 0.361 e. The van der Waals surface area contributed by atoms with E-state index in [1.54, 1.807) is 0 Å². The molecule has 1 saturated heterocycles. The van der Waals surface area contributed by atoms with Crippen molar-refractivity contribution in [2.24, 2.45) is 7.05 Å². The van der Waals surface area contributed by atoms with E-state index in [2.05, 4.69) is 39.1 Å². The molecular weight excluding hydrogens is 338 g/mol. The Balaban J connectivity index is 1.45. The SMILES string of the molecule is Cn1cnc2c1[C@@H](C(=O)N1CCCC1)CN(Cc1cccc3[nH]ccc13)C2. The molecule has 27 heavy (non-hydrogen) atoms. The minimum Gasteiger partial charge on any atom is -0.361 e. The number of H-pyrrole nitrogens is 1. The van der Waals surface area contributed by atoms with E-state index in [4.69, 9.17) is 0 Å². The van der Waals surface area contributed by atoms with Gasteiger partial charge in [-0.25, -0.2) is 4.98 Å². The molecule has 2 aromatic heterocycles. The number of amides is 1. The van der Waals surface area contributed by atoms with E-state index in [1.807, 2.05) is 29.0 Å². The zero-order chi connectivity index (χ0) is 18.4. The molecule has 0 spiro atoms. The summed E-state index contributed by atoms with van der Waals surface area (Å²) >= 11 is 0. The van der Waals surface area contributed by atoms with Crippen LogP contribution in [0.2, 0.25) is 0 Å². The van der Waals surface area contributed by atoms with Gasteiger partial charge in [0.15, 0.2) is 0 Å². The topological polar surface area (TPSA) is 57.2 Å². The number of carbonyl (C=O) groups is 1. The molecule has 4 heterocycles. The summed E-state index contributed by atoms with van der Waals surface area (Å²) in [5, 5.41) is 1.26. The molecule has 0 aliphatic carbocycles. The normalized spacial score (nSPS) is 20.3. The Labute approximate surface area is 158 Å². The van der Waals surface area contributed by atoms with Crippen LogP contribution in [-0.2, 0) is 24.9 Å². The lowest BCUT2D eigenvalue weighted by Gasteiger charge is -2.34. The van der Waals surface area contributed by atoms with Crippen LogP contribution in [0.25, 0.3) is 10.9 Å². The van der Waals surface area contributed by atoms with Crippen LogP contribution in [0.15, 0.2) is 36.8 Å². The van der Waals surface area contributed by atoms with Gasteiger partial charge in [-0.2, -0.15) is 0 Å². The Morgan fingerprint density at radius 1 is 1.26 bits per heavy atom. The molecule has 0 bridgehead atoms. The Kier molecular flexibility index (Phi) is 4.01. The fourth-order valence-electron chi connectivity index (χ4n) is 4.68. The lowest BCUT2D eigenvalue weighted by atomic mass is 9.95. The Morgan fingerprint density at radius 3 is 2.96 bits per heavy atom. The number of rotatable bonds is 3. The van der Waals surface area contributed by atoms with Crippen molar-refractivity contribution in [2.45, 2.75) is 31.8 Å². The van der Waals surface area contributed by atoms with Gasteiger partial charge in [0, 0.05) is 56.9 Å². The monoisotopic (exact) mass is 363 g/mol. The maximum absolute atomic E-state index is 13.2. The Bertz CT molecular complexity index is 982. The first kappa shape index (κ1) is 16.6. The van der Waals surface area contributed by atoms with E-state index in [0.29, 0.717) is 0 Å². The standard InChI is InChI=1S/C21H25N5O/c1-24-14-23-19-13-25(11-15-5-4-6-18-16(15)7-8-22-18)12-17(20(19)24)21(27)26-9-2-3-10-26/h4-8,14,17,22H,2-3,9-13H2,1H3/t17-/m0/s1. The van der Waals surface area contributed by atoms with Gasteiger partial charge in [0.2, 0.25) is 5.91 Å². The number of likely N-dealkylation sites (tertiary alicyclic amines) is 1. The molecule has 1 fully saturated rings. The average molecular weight is 363 g/mol. The van der Waals surface area contributed by atoms with Gasteiger partial charge < -0.3 is 14.5 Å². The van der Waals surface area contributed by atoms with Gasteiger partial charge in [-0.3, -0.25) is 9.69 Å². The Hall–Kier alpha value is -2.60. The molecule has 1 N–H and O–H groups in total. The number of benzene rings is 1. The number of aromatic amines is 1. The molecule has 1 amide bonds. The molecule has 1 aromatic carbocycles. The van der Waals surface area contributed by atoms with Crippen LogP contribution in [0.4, 0.5) is 0 Å². The van der Waals surface area contributed by atoms with Crippen molar-refractivity contribution in [2.75, 3.05) is 19.6 Å². The van der Waals surface area contributed by atoms with E-state index in [1.165, 1.54) is 10.9 Å². The van der Waals surface area contributed by atoms with E-state index in [-0.39, 0.29) is 11.8 Å². The molecule has 6 heteroatoms. The van der Waals surface area contributed by atoms with E-state index >= 15 is 0 Å². The fraction of sp³-hybridized carbons (Fsp3) is 0.429. The zero-order valence-electron chi connectivity index (χ0n) is 15.7. The molecule has 0 unspecified atom stereocenters. The van der Waals surface area contributed by atoms with Gasteiger partial charge in [0.05, 0.1) is 23.6 Å². The minimum atomic E-state index is -0.121. The van der Waals surface area contributed by atoms with Gasteiger partial charge in [-0.1, -0.05) is 12.1 Å². The number of nitrogens with zero attached hydrogens (tertiary/aromatic N) is 4. The van der Waals surface area contributed by atoms with Crippen molar-refractivity contribution in [1.82, 2.24) is 24.3 Å². The second kappa shape index (κ2) is 6.53. The van der Waals surface area contributed by atoms with Crippen molar-refractivity contribution in [3.05, 3.63) is 53.7 Å². The number of nitrogens with one attached hydrogen (secondary N) is 1. The fourth-order valence-corrected chi connectivity index (χ4v) is 4.68. The summed E-state index contributed by atoms with van der Waals surface area (Å²) in [4.78, 5) is 25.5. The van der Waals surface area contributed by atoms with Crippen molar-refractivity contribution < 1.29 is 4.79 Å². The predicted molar refractivity (Wildman–Crippen MR) is 104 cm³/mol. The summed E-state index contributed by atoms with van der Waals surface area (Å²) in [6, 6.07) is 8.51. The second-order valence-electron chi connectivity index (χ2n) is 7.80. The summed E-state index contributed by atoms with van der Waals surface area (Å²) < 4.78 is 2.04. The van der Waals surface area contributed by atoms with Crippen molar-refractivity contribution in [3.63, 3.8) is 0 Å². The number of fused-ring (bicyclic) bond motifs is 2. The number of carbonyl (C=O) groups excluding carboxylic acids is 1. The van der Waals surface area contributed by atoms with E-state index in [9.17, 15) is 4.79 Å². The third-order valence-electron chi connectivity index (χ3n) is 6.00. The molecule has 3 aromatic rings. The maximum Gasteiger partial charge on any atom is 0.233 e. The van der Waals surface area contributed by atoms with Crippen LogP contribution in [-0.4, -0.2) is 49.9 Å². The number of aromatic nitrogens is 3. The first-order chi connectivity index (χ1) is 13.2. The highest BCUT2D eigenvalue weighted by molar-refractivity contribution is 5.85. The van der Waals surface area contributed by atoms with Crippen molar-refractivity contribution >= 4 is 16.8 Å². The molecule has 5 rings (SSSR count). The summed E-state index contributed by atoms with van der Waals surface area (Å²) in [6.07, 6.45) is 6.08. The van der Waals surface area contributed by atoms with E-state index < -0.39 is 0 Å². The maximum atomic E-state index is 13.2. The molecule has 2 aliphatic rings. The highest BCUT2D eigenvalue weighted by Crippen LogP contribution is 2.31. The molecule has 140 valence electrons. The first-order valence-electron chi connectivity index (χ1n) is 9.77. The van der Waals surface area contributed by atoms with Crippen LogP contribution in [0.5, 0.6) is 0 Å². The van der Waals surface area contributed by atoms with Gasteiger partial charge in [-0.05, 0) is 30.5 Å². The predicted octanol–water partition coefficient (Wildman–Crippen LogP) is 2.62. The highest BCUT2D eigenvalue weighted by atomic mass is 16.2. The minimum absolute atomic E-state index is 0.121. The zero-order valence-corrected chi connectivity index (χ0v) is 15.7. The number of hydrogen-bond acceptors (Lipinski definition) is 3. The van der Waals surface area contributed by atoms with Crippen molar-refractivity contribution in [3.8, 4) is 0 Å².